The van der Waals surface area contributed by atoms with Crippen molar-refractivity contribution in [2.24, 2.45) is 0 Å². The molecule has 1 aromatic rings. The molecule has 1 N–H and O–H groups in total. The molecule has 126 valence electrons. The number of hydrogen-bond donors (Lipinski definition) is 1. The fourth-order valence-electron chi connectivity index (χ4n) is 2.44. The van der Waals surface area contributed by atoms with E-state index in [-0.39, 0.29) is 18.0 Å². The van der Waals surface area contributed by atoms with Crippen molar-refractivity contribution in [3.05, 3.63) is 34.3 Å². The Hall–Kier alpha value is -1.56. The minimum Gasteiger partial charge on any atom is -0.444 e. The summed E-state index contributed by atoms with van der Waals surface area (Å²) in [6.07, 6.45) is 1.18. The van der Waals surface area contributed by atoms with Gasteiger partial charge in [-0.3, -0.25) is 4.79 Å². The summed E-state index contributed by atoms with van der Waals surface area (Å²) < 4.78 is 6.15. The molecule has 5 nitrogen and oxygen atoms in total. The molecule has 1 aromatic carbocycles. The van der Waals surface area contributed by atoms with Gasteiger partial charge in [0.1, 0.15) is 5.60 Å². The summed E-state index contributed by atoms with van der Waals surface area (Å²) in [5.41, 5.74) is 0.143. The molecule has 6 heteroatoms. The van der Waals surface area contributed by atoms with Gasteiger partial charge in [0.25, 0.3) is 5.91 Å². The first-order valence-corrected chi connectivity index (χ1v) is 8.59. The molecule has 0 spiro atoms. The molecular formula is C17H23BrN2O3. The molecule has 1 saturated heterocycles. The summed E-state index contributed by atoms with van der Waals surface area (Å²) >= 11 is 3.39. The molecule has 1 aliphatic rings. The summed E-state index contributed by atoms with van der Waals surface area (Å²) in [6, 6.07) is 7.42. The van der Waals surface area contributed by atoms with Gasteiger partial charge in [-0.25, -0.2) is 4.79 Å². The normalized spacial score (nSPS) is 16.1. The van der Waals surface area contributed by atoms with Crippen LogP contribution in [0.4, 0.5) is 4.79 Å². The largest absolute Gasteiger partial charge is 0.444 e. The van der Waals surface area contributed by atoms with E-state index in [9.17, 15) is 9.59 Å². The second-order valence-electron chi connectivity index (χ2n) is 6.69. The standard InChI is InChI=1S/C17H23BrN2O3/c1-17(2,3)23-16(22)20-10-8-12(9-11-20)19-15(21)13-6-4-5-7-14(13)18/h4-7,12H,8-11H2,1-3H3,(H,19,21). The number of amides is 2. The van der Waals surface area contributed by atoms with Crippen molar-refractivity contribution in [3.63, 3.8) is 0 Å². The maximum Gasteiger partial charge on any atom is 0.410 e. The fraction of sp³-hybridized carbons (Fsp3) is 0.529. The molecule has 0 bridgehead atoms. The zero-order valence-electron chi connectivity index (χ0n) is 13.8. The number of carbonyl (C=O) groups excluding carboxylic acids is 2. The summed E-state index contributed by atoms with van der Waals surface area (Å²) in [5.74, 6) is -0.0896. The first-order chi connectivity index (χ1) is 10.8. The van der Waals surface area contributed by atoms with Crippen molar-refractivity contribution < 1.29 is 14.3 Å². The average molecular weight is 383 g/mol. The fourth-order valence-corrected chi connectivity index (χ4v) is 2.91. The lowest BCUT2D eigenvalue weighted by Crippen LogP contribution is -2.47. The van der Waals surface area contributed by atoms with E-state index in [0.29, 0.717) is 18.7 Å². The van der Waals surface area contributed by atoms with Crippen LogP contribution in [0.5, 0.6) is 0 Å². The van der Waals surface area contributed by atoms with E-state index in [4.69, 9.17) is 4.74 Å². The predicted molar refractivity (Wildman–Crippen MR) is 92.4 cm³/mol. The molecule has 0 aliphatic carbocycles. The third kappa shape index (κ3) is 5.23. The first kappa shape index (κ1) is 17.8. The number of carbonyl (C=O) groups is 2. The van der Waals surface area contributed by atoms with Crippen LogP contribution in [0.1, 0.15) is 44.0 Å². The van der Waals surface area contributed by atoms with Crippen LogP contribution in [-0.4, -0.2) is 41.6 Å². The van der Waals surface area contributed by atoms with E-state index in [0.717, 1.165) is 17.3 Å². The van der Waals surface area contributed by atoms with Crippen molar-refractivity contribution in [2.45, 2.75) is 45.3 Å². The van der Waals surface area contributed by atoms with Gasteiger partial charge in [0.15, 0.2) is 0 Å². The van der Waals surface area contributed by atoms with Gasteiger partial charge in [-0.05, 0) is 61.7 Å². The highest BCUT2D eigenvalue weighted by atomic mass is 79.9. The van der Waals surface area contributed by atoms with Crippen LogP contribution >= 0.6 is 15.9 Å². The summed E-state index contributed by atoms with van der Waals surface area (Å²) in [5, 5.41) is 3.04. The maximum atomic E-state index is 12.3. The number of hydrogen-bond acceptors (Lipinski definition) is 3. The molecule has 0 aromatic heterocycles. The maximum absolute atomic E-state index is 12.3. The first-order valence-electron chi connectivity index (χ1n) is 7.79. The van der Waals surface area contributed by atoms with Crippen molar-refractivity contribution in [1.82, 2.24) is 10.2 Å². The molecule has 0 saturated carbocycles. The van der Waals surface area contributed by atoms with E-state index in [1.165, 1.54) is 0 Å². The van der Waals surface area contributed by atoms with Gasteiger partial charge < -0.3 is 15.0 Å². The van der Waals surface area contributed by atoms with E-state index >= 15 is 0 Å². The third-order valence-corrected chi connectivity index (χ3v) is 4.29. The topological polar surface area (TPSA) is 58.6 Å². The number of benzene rings is 1. The molecule has 1 aliphatic heterocycles. The molecule has 2 rings (SSSR count). The van der Waals surface area contributed by atoms with Crippen molar-refractivity contribution in [2.75, 3.05) is 13.1 Å². The van der Waals surface area contributed by atoms with E-state index in [1.54, 1.807) is 11.0 Å². The second-order valence-corrected chi connectivity index (χ2v) is 7.55. The lowest BCUT2D eigenvalue weighted by atomic mass is 10.0. The van der Waals surface area contributed by atoms with Gasteiger partial charge in [0.2, 0.25) is 0 Å². The Bertz CT molecular complexity index is 575. The Morgan fingerprint density at radius 3 is 2.39 bits per heavy atom. The van der Waals surface area contributed by atoms with E-state index < -0.39 is 5.60 Å². The number of rotatable bonds is 2. The van der Waals surface area contributed by atoms with Gasteiger partial charge in [-0.1, -0.05) is 12.1 Å². The Balaban J connectivity index is 1.84. The molecule has 1 fully saturated rings. The van der Waals surface area contributed by atoms with Crippen molar-refractivity contribution >= 4 is 27.9 Å². The van der Waals surface area contributed by atoms with Crippen LogP contribution < -0.4 is 5.32 Å². The number of halogens is 1. The van der Waals surface area contributed by atoms with Crippen molar-refractivity contribution in [3.8, 4) is 0 Å². The third-order valence-electron chi connectivity index (χ3n) is 3.60. The second kappa shape index (κ2) is 7.34. The van der Waals surface area contributed by atoms with Crippen LogP contribution in [-0.2, 0) is 4.74 Å². The number of ether oxygens (including phenoxy) is 1. The van der Waals surface area contributed by atoms with Crippen LogP contribution in [0.25, 0.3) is 0 Å². The Kier molecular flexibility index (Phi) is 5.68. The van der Waals surface area contributed by atoms with Gasteiger partial charge >= 0.3 is 6.09 Å². The van der Waals surface area contributed by atoms with Crippen LogP contribution in [0.15, 0.2) is 28.7 Å². The Morgan fingerprint density at radius 2 is 1.83 bits per heavy atom. The number of piperidine rings is 1. The molecule has 23 heavy (non-hydrogen) atoms. The monoisotopic (exact) mass is 382 g/mol. The molecule has 0 unspecified atom stereocenters. The number of likely N-dealkylation sites (tertiary alicyclic amines) is 1. The minimum atomic E-state index is -0.484. The van der Waals surface area contributed by atoms with Crippen molar-refractivity contribution in [1.29, 1.82) is 0 Å². The highest BCUT2D eigenvalue weighted by Crippen LogP contribution is 2.18. The lowest BCUT2D eigenvalue weighted by Gasteiger charge is -2.33. The molecule has 1 heterocycles. The van der Waals surface area contributed by atoms with E-state index in [1.807, 2.05) is 39.0 Å². The molecule has 0 radical (unpaired) electrons. The highest BCUT2D eigenvalue weighted by Gasteiger charge is 2.27. The average Bonchev–Trinajstić information content (AvgIpc) is 2.46. The van der Waals surface area contributed by atoms with Gasteiger partial charge in [-0.15, -0.1) is 0 Å². The Morgan fingerprint density at radius 1 is 1.22 bits per heavy atom. The number of nitrogens with zero attached hydrogens (tertiary/aromatic N) is 1. The van der Waals surface area contributed by atoms with Gasteiger partial charge in [0.05, 0.1) is 5.56 Å². The van der Waals surface area contributed by atoms with E-state index in [2.05, 4.69) is 21.2 Å². The quantitative estimate of drug-likeness (QED) is 0.850. The molecular weight excluding hydrogens is 360 g/mol. The molecule has 0 atom stereocenters. The lowest BCUT2D eigenvalue weighted by molar-refractivity contribution is 0.0199. The SMILES string of the molecule is CC(C)(C)OC(=O)N1CCC(NC(=O)c2ccccc2Br)CC1. The zero-order valence-corrected chi connectivity index (χ0v) is 15.4. The summed E-state index contributed by atoms with van der Waals surface area (Å²) in [4.78, 5) is 26.0. The summed E-state index contributed by atoms with van der Waals surface area (Å²) in [6.45, 7) is 6.76. The number of nitrogens with one attached hydrogen (secondary N) is 1. The zero-order chi connectivity index (χ0) is 17.0. The smallest absolute Gasteiger partial charge is 0.410 e. The van der Waals surface area contributed by atoms with Crippen LogP contribution in [0.2, 0.25) is 0 Å². The van der Waals surface area contributed by atoms with Crippen LogP contribution in [0, 0.1) is 0 Å². The van der Waals surface area contributed by atoms with Crippen LogP contribution in [0.3, 0.4) is 0 Å². The molecule has 2 amide bonds. The summed E-state index contributed by atoms with van der Waals surface area (Å²) in [7, 11) is 0. The Labute approximate surface area is 145 Å². The van der Waals surface area contributed by atoms with Gasteiger partial charge in [0, 0.05) is 23.6 Å². The minimum absolute atomic E-state index is 0.0771. The van der Waals surface area contributed by atoms with Gasteiger partial charge in [-0.2, -0.15) is 0 Å². The highest BCUT2D eigenvalue weighted by molar-refractivity contribution is 9.10. The predicted octanol–water partition coefficient (Wildman–Crippen LogP) is 3.58.